The Kier molecular flexibility index (Phi) is 4.99. The Balaban J connectivity index is 1.53. The number of amides is 1. The molecule has 1 aliphatic heterocycles. The van der Waals surface area contributed by atoms with Crippen LogP contribution in [0.2, 0.25) is 0 Å². The molecule has 0 bridgehead atoms. The zero-order valence-corrected chi connectivity index (χ0v) is 15.6. The molecule has 3 aromatic rings. The van der Waals surface area contributed by atoms with Crippen LogP contribution < -0.4 is 5.32 Å². The second-order valence-corrected chi connectivity index (χ2v) is 7.06. The van der Waals surface area contributed by atoms with Crippen molar-refractivity contribution in [3.63, 3.8) is 0 Å². The van der Waals surface area contributed by atoms with Gasteiger partial charge in [0, 0.05) is 17.4 Å². The van der Waals surface area contributed by atoms with Crippen LogP contribution in [0.4, 0.5) is 18.9 Å². The van der Waals surface area contributed by atoms with Gasteiger partial charge in [-0.05, 0) is 56.0 Å². The zero-order chi connectivity index (χ0) is 20.6. The summed E-state index contributed by atoms with van der Waals surface area (Å²) >= 11 is 0. The predicted molar refractivity (Wildman–Crippen MR) is 100 cm³/mol. The number of anilines is 1. The van der Waals surface area contributed by atoms with E-state index in [4.69, 9.17) is 4.74 Å². The molecule has 3 heterocycles. The fourth-order valence-corrected chi connectivity index (χ4v) is 3.38. The van der Waals surface area contributed by atoms with Gasteiger partial charge in [0.15, 0.2) is 11.9 Å². The minimum absolute atomic E-state index is 0.124. The second kappa shape index (κ2) is 7.47. The highest BCUT2D eigenvalue weighted by molar-refractivity contribution is 5.94. The summed E-state index contributed by atoms with van der Waals surface area (Å²) in [5, 5.41) is 7.12. The lowest BCUT2D eigenvalue weighted by atomic mass is 10.0. The van der Waals surface area contributed by atoms with E-state index in [9.17, 15) is 18.0 Å². The Morgan fingerprint density at radius 2 is 2.10 bits per heavy atom. The molecule has 0 aliphatic carbocycles. The largest absolute Gasteiger partial charge is 0.414 e. The van der Waals surface area contributed by atoms with Crippen molar-refractivity contribution >= 4 is 17.1 Å². The van der Waals surface area contributed by atoms with Gasteiger partial charge in [-0.2, -0.15) is 13.2 Å². The van der Waals surface area contributed by atoms with Crippen LogP contribution in [0.5, 0.6) is 0 Å². The van der Waals surface area contributed by atoms with Crippen LogP contribution >= 0.6 is 0 Å². The third kappa shape index (κ3) is 4.09. The summed E-state index contributed by atoms with van der Waals surface area (Å²) in [4.78, 5) is 16.8. The standard InChI is InChI=1S/C20H19F3N4O2/c1-12-7-8-13(10-15(12)18-24-11-14-4-3-9-27(14)26-18)25-19(28)16-5-2-6-17(29-16)20(21,22)23/h3-4,7-11,16-17H,2,5-6H2,1H3,(H,25,28). The molecular formula is C20H19F3N4O2. The number of nitrogens with one attached hydrogen (secondary N) is 1. The Hall–Kier alpha value is -2.94. The molecular weight excluding hydrogens is 385 g/mol. The molecule has 152 valence electrons. The molecule has 1 fully saturated rings. The molecule has 0 saturated carbocycles. The highest BCUT2D eigenvalue weighted by Crippen LogP contribution is 2.32. The van der Waals surface area contributed by atoms with Gasteiger partial charge in [0.05, 0.1) is 11.7 Å². The van der Waals surface area contributed by atoms with Crippen LogP contribution in [0.15, 0.2) is 42.7 Å². The number of hydrogen-bond acceptors (Lipinski definition) is 4. The Labute approximate surface area is 164 Å². The average Bonchev–Trinajstić information content (AvgIpc) is 3.16. The molecule has 0 radical (unpaired) electrons. The van der Waals surface area contributed by atoms with Crippen molar-refractivity contribution in [3.8, 4) is 11.4 Å². The highest BCUT2D eigenvalue weighted by atomic mass is 19.4. The summed E-state index contributed by atoms with van der Waals surface area (Å²) in [6, 6.07) is 8.94. The molecule has 0 spiro atoms. The number of carbonyl (C=O) groups is 1. The van der Waals surface area contributed by atoms with Gasteiger partial charge in [0.1, 0.15) is 6.10 Å². The van der Waals surface area contributed by atoms with Crippen LogP contribution in [0.1, 0.15) is 24.8 Å². The average molecular weight is 404 g/mol. The van der Waals surface area contributed by atoms with Crippen molar-refractivity contribution in [2.24, 2.45) is 0 Å². The van der Waals surface area contributed by atoms with E-state index in [1.165, 1.54) is 0 Å². The lowest BCUT2D eigenvalue weighted by Crippen LogP contribution is -2.43. The van der Waals surface area contributed by atoms with Gasteiger partial charge in [-0.3, -0.25) is 4.79 Å². The van der Waals surface area contributed by atoms with Crippen LogP contribution in [-0.4, -0.2) is 38.9 Å². The third-order valence-corrected chi connectivity index (χ3v) is 4.95. The molecule has 1 aliphatic rings. The second-order valence-electron chi connectivity index (χ2n) is 7.06. The maximum atomic E-state index is 12.9. The summed E-state index contributed by atoms with van der Waals surface area (Å²) in [5.41, 5.74) is 2.92. The number of aryl methyl sites for hydroxylation is 1. The number of nitrogens with zero attached hydrogens (tertiary/aromatic N) is 3. The van der Waals surface area contributed by atoms with Crippen molar-refractivity contribution in [2.75, 3.05) is 5.32 Å². The quantitative estimate of drug-likeness (QED) is 0.712. The van der Waals surface area contributed by atoms with Crippen LogP contribution in [0.3, 0.4) is 0 Å². The molecule has 1 N–H and O–H groups in total. The van der Waals surface area contributed by atoms with Gasteiger partial charge in [0.25, 0.3) is 5.91 Å². The highest BCUT2D eigenvalue weighted by Gasteiger charge is 2.44. The molecule has 2 unspecified atom stereocenters. The summed E-state index contributed by atoms with van der Waals surface area (Å²) in [6.07, 6.45) is -3.59. The topological polar surface area (TPSA) is 68.5 Å². The minimum Gasteiger partial charge on any atom is -0.356 e. The first kappa shape index (κ1) is 19.4. The zero-order valence-electron chi connectivity index (χ0n) is 15.6. The number of hydrogen-bond donors (Lipinski definition) is 1. The van der Waals surface area contributed by atoms with E-state index in [1.807, 2.05) is 19.1 Å². The van der Waals surface area contributed by atoms with E-state index < -0.39 is 24.3 Å². The molecule has 6 nitrogen and oxygen atoms in total. The van der Waals surface area contributed by atoms with Crippen molar-refractivity contribution in [3.05, 3.63) is 48.3 Å². The molecule has 29 heavy (non-hydrogen) atoms. The smallest absolute Gasteiger partial charge is 0.356 e. The van der Waals surface area contributed by atoms with E-state index >= 15 is 0 Å². The first-order valence-corrected chi connectivity index (χ1v) is 9.26. The monoisotopic (exact) mass is 404 g/mol. The first-order valence-electron chi connectivity index (χ1n) is 9.26. The Morgan fingerprint density at radius 1 is 1.28 bits per heavy atom. The summed E-state index contributed by atoms with van der Waals surface area (Å²) in [6.45, 7) is 1.89. The van der Waals surface area contributed by atoms with Crippen LogP contribution in [-0.2, 0) is 9.53 Å². The molecule has 9 heteroatoms. The summed E-state index contributed by atoms with van der Waals surface area (Å²) < 4.78 is 45.4. The number of ether oxygens (including phenoxy) is 1. The van der Waals surface area contributed by atoms with E-state index in [2.05, 4.69) is 15.4 Å². The third-order valence-electron chi connectivity index (χ3n) is 4.95. The first-order chi connectivity index (χ1) is 13.8. The SMILES string of the molecule is Cc1ccc(NC(=O)C2CCCC(C(F)(F)F)O2)cc1-c1ncc2cccn2n1. The van der Waals surface area contributed by atoms with E-state index in [0.29, 0.717) is 11.5 Å². The summed E-state index contributed by atoms with van der Waals surface area (Å²) in [7, 11) is 0. The maximum absolute atomic E-state index is 12.9. The molecule has 1 saturated heterocycles. The van der Waals surface area contributed by atoms with Gasteiger partial charge < -0.3 is 10.1 Å². The number of rotatable bonds is 3. The van der Waals surface area contributed by atoms with E-state index in [-0.39, 0.29) is 19.3 Å². The number of aromatic nitrogens is 3. The molecule has 2 aromatic heterocycles. The number of halogens is 3. The van der Waals surface area contributed by atoms with Gasteiger partial charge in [-0.25, -0.2) is 9.50 Å². The van der Waals surface area contributed by atoms with Crippen LogP contribution in [0, 0.1) is 6.92 Å². The maximum Gasteiger partial charge on any atom is 0.414 e. The van der Waals surface area contributed by atoms with E-state index in [0.717, 1.165) is 16.6 Å². The number of fused-ring (bicyclic) bond motifs is 1. The van der Waals surface area contributed by atoms with Crippen molar-refractivity contribution in [1.29, 1.82) is 0 Å². The molecule has 2 atom stereocenters. The Bertz CT molecular complexity index is 1050. The fraction of sp³-hybridized carbons (Fsp3) is 0.350. The van der Waals surface area contributed by atoms with Gasteiger partial charge in [-0.1, -0.05) is 6.07 Å². The lowest BCUT2D eigenvalue weighted by molar-refractivity contribution is -0.242. The van der Waals surface area contributed by atoms with Crippen molar-refractivity contribution in [2.45, 2.75) is 44.6 Å². The lowest BCUT2D eigenvalue weighted by Gasteiger charge is -2.30. The molecule has 1 aromatic carbocycles. The summed E-state index contributed by atoms with van der Waals surface area (Å²) in [5.74, 6) is -0.108. The molecule has 1 amide bonds. The number of benzene rings is 1. The number of carbonyl (C=O) groups excluding carboxylic acids is 1. The van der Waals surface area contributed by atoms with Gasteiger partial charge in [0.2, 0.25) is 0 Å². The predicted octanol–water partition coefficient (Wildman–Crippen LogP) is 4.14. The number of alkyl halides is 3. The molecule has 4 rings (SSSR count). The van der Waals surface area contributed by atoms with Crippen molar-refractivity contribution < 1.29 is 22.7 Å². The normalized spacial score (nSPS) is 20.0. The van der Waals surface area contributed by atoms with Crippen molar-refractivity contribution in [1.82, 2.24) is 14.6 Å². The van der Waals surface area contributed by atoms with Crippen LogP contribution in [0.25, 0.3) is 16.9 Å². The van der Waals surface area contributed by atoms with Gasteiger partial charge >= 0.3 is 6.18 Å². The fourth-order valence-electron chi connectivity index (χ4n) is 3.38. The minimum atomic E-state index is -4.47. The van der Waals surface area contributed by atoms with E-state index in [1.54, 1.807) is 35.1 Å². The van der Waals surface area contributed by atoms with Gasteiger partial charge in [-0.15, -0.1) is 5.10 Å². The Morgan fingerprint density at radius 3 is 2.90 bits per heavy atom.